The minimum atomic E-state index is -3.88. The van der Waals surface area contributed by atoms with Crippen molar-refractivity contribution < 1.29 is 8.42 Å². The summed E-state index contributed by atoms with van der Waals surface area (Å²) in [4.78, 5) is 4.53. The predicted molar refractivity (Wildman–Crippen MR) is 106 cm³/mol. The zero-order valence-corrected chi connectivity index (χ0v) is 15.5. The molecule has 0 radical (unpaired) electrons. The third kappa shape index (κ3) is 3.39. The first-order chi connectivity index (χ1) is 13.0. The van der Waals surface area contributed by atoms with Crippen molar-refractivity contribution in [2.75, 3.05) is 0 Å². The molecule has 0 saturated heterocycles. The Balaban J connectivity index is 1.94. The van der Waals surface area contributed by atoms with Crippen molar-refractivity contribution in [1.82, 2.24) is 9.55 Å². The Hall–Kier alpha value is -3.25. The lowest BCUT2D eigenvalue weighted by Gasteiger charge is -2.10. The molecule has 1 heterocycles. The molecule has 0 aliphatic carbocycles. The van der Waals surface area contributed by atoms with Crippen LogP contribution in [-0.2, 0) is 10.0 Å². The molecule has 4 rings (SSSR count). The van der Waals surface area contributed by atoms with Gasteiger partial charge in [-0.1, -0.05) is 60.2 Å². The molecule has 0 unspecified atom stereocenters. The van der Waals surface area contributed by atoms with E-state index < -0.39 is 10.0 Å². The first kappa shape index (κ1) is 17.2. The van der Waals surface area contributed by atoms with Crippen molar-refractivity contribution in [2.24, 2.45) is 4.40 Å². The lowest BCUT2D eigenvalue weighted by atomic mass is 10.2. The van der Waals surface area contributed by atoms with Crippen LogP contribution in [0.1, 0.15) is 11.1 Å². The second-order valence-corrected chi connectivity index (χ2v) is 7.78. The molecule has 0 fully saturated rings. The van der Waals surface area contributed by atoms with E-state index in [9.17, 15) is 8.42 Å². The molecule has 4 aromatic rings. The number of aromatic nitrogens is 2. The van der Waals surface area contributed by atoms with Gasteiger partial charge in [0.2, 0.25) is 0 Å². The molecule has 5 nitrogen and oxygen atoms in total. The summed E-state index contributed by atoms with van der Waals surface area (Å²) in [6.07, 6.45) is 1.60. The molecule has 3 aromatic carbocycles. The molecule has 0 saturated carbocycles. The Morgan fingerprint density at radius 1 is 0.889 bits per heavy atom. The van der Waals surface area contributed by atoms with Gasteiger partial charge in [-0.2, -0.15) is 8.42 Å². The summed E-state index contributed by atoms with van der Waals surface area (Å²) in [6.45, 7) is 1.91. The van der Waals surface area contributed by atoms with E-state index in [1.54, 1.807) is 35.2 Å². The minimum absolute atomic E-state index is 0.158. The Morgan fingerprint density at radius 3 is 2.30 bits per heavy atom. The molecule has 0 N–H and O–H groups in total. The maximum Gasteiger partial charge on any atom is 0.284 e. The summed E-state index contributed by atoms with van der Waals surface area (Å²) in [5.74, 6) is 0.310. The number of aryl methyl sites for hydroxylation is 1. The Kier molecular flexibility index (Phi) is 4.33. The Morgan fingerprint density at radius 2 is 1.56 bits per heavy atom. The summed E-state index contributed by atoms with van der Waals surface area (Å²) in [5.41, 5.74) is 3.24. The van der Waals surface area contributed by atoms with Gasteiger partial charge in [-0.3, -0.25) is 4.57 Å². The van der Waals surface area contributed by atoms with E-state index >= 15 is 0 Å². The molecule has 0 spiro atoms. The fourth-order valence-corrected chi connectivity index (χ4v) is 3.83. The zero-order chi connectivity index (χ0) is 18.9. The van der Waals surface area contributed by atoms with Crippen LogP contribution in [0.4, 0.5) is 0 Å². The van der Waals surface area contributed by atoms with Crippen LogP contribution in [0.3, 0.4) is 0 Å². The fraction of sp³-hybridized carbons (Fsp3) is 0.0476. The lowest BCUT2D eigenvalue weighted by Crippen LogP contribution is -2.15. The quantitative estimate of drug-likeness (QED) is 0.401. The van der Waals surface area contributed by atoms with E-state index in [4.69, 9.17) is 0 Å². The Labute approximate surface area is 157 Å². The van der Waals surface area contributed by atoms with E-state index in [1.807, 2.05) is 61.5 Å². The number of imidazole rings is 1. The first-order valence-electron chi connectivity index (χ1n) is 8.44. The highest BCUT2D eigenvalue weighted by atomic mass is 32.2. The van der Waals surface area contributed by atoms with Gasteiger partial charge in [-0.25, -0.2) is 4.98 Å². The van der Waals surface area contributed by atoms with Crippen molar-refractivity contribution >= 4 is 26.9 Å². The third-order valence-electron chi connectivity index (χ3n) is 4.24. The maximum absolute atomic E-state index is 12.9. The van der Waals surface area contributed by atoms with Crippen LogP contribution in [0.2, 0.25) is 0 Å². The third-order valence-corrected chi connectivity index (χ3v) is 5.52. The van der Waals surface area contributed by atoms with Crippen LogP contribution < -0.4 is 0 Å². The Bertz CT molecular complexity index is 1230. The van der Waals surface area contributed by atoms with Gasteiger partial charge < -0.3 is 0 Å². The number of fused-ring (bicyclic) bond motifs is 1. The maximum atomic E-state index is 12.9. The second kappa shape index (κ2) is 6.81. The van der Waals surface area contributed by atoms with Crippen LogP contribution in [-0.4, -0.2) is 23.8 Å². The van der Waals surface area contributed by atoms with E-state index in [0.29, 0.717) is 11.4 Å². The van der Waals surface area contributed by atoms with E-state index in [-0.39, 0.29) is 4.90 Å². The molecule has 0 bridgehead atoms. The number of para-hydroxylation sites is 2. The zero-order valence-electron chi connectivity index (χ0n) is 14.6. The summed E-state index contributed by atoms with van der Waals surface area (Å²) < 4.78 is 31.8. The van der Waals surface area contributed by atoms with Gasteiger partial charge in [0.25, 0.3) is 10.0 Å². The molecular weight excluding hydrogens is 358 g/mol. The van der Waals surface area contributed by atoms with Crippen molar-refractivity contribution in [3.05, 3.63) is 96.3 Å². The van der Waals surface area contributed by atoms with Gasteiger partial charge in [0.05, 0.1) is 15.9 Å². The molecule has 0 atom stereocenters. The van der Waals surface area contributed by atoms with E-state index in [0.717, 1.165) is 16.6 Å². The molecule has 134 valence electrons. The van der Waals surface area contributed by atoms with Gasteiger partial charge in [-0.15, -0.1) is 4.40 Å². The molecule has 0 aliphatic rings. The molecule has 27 heavy (non-hydrogen) atoms. The molecule has 1 aromatic heterocycles. The number of sulfonamides is 1. The summed E-state index contributed by atoms with van der Waals surface area (Å²) >= 11 is 0. The molecule has 6 heteroatoms. The summed E-state index contributed by atoms with van der Waals surface area (Å²) in [6, 6.07) is 23.4. The number of hydrogen-bond donors (Lipinski definition) is 0. The van der Waals surface area contributed by atoms with Crippen molar-refractivity contribution in [2.45, 2.75) is 11.8 Å². The predicted octanol–water partition coefficient (Wildman–Crippen LogP) is 4.03. The van der Waals surface area contributed by atoms with Gasteiger partial charge >= 0.3 is 0 Å². The minimum Gasteiger partial charge on any atom is -0.282 e. The van der Waals surface area contributed by atoms with E-state index in [2.05, 4.69) is 9.38 Å². The number of benzene rings is 3. The standard InChI is InChI=1S/C21H17N3O2S/c1-16-11-13-18(14-12-16)27(25,26)23-21(17-7-3-2-4-8-17)24-15-22-19-9-5-6-10-20(19)24/h2-15H,1H3/b23-21+. The van der Waals surface area contributed by atoms with Gasteiger partial charge in [0, 0.05) is 5.56 Å². The fourth-order valence-electron chi connectivity index (χ4n) is 2.83. The lowest BCUT2D eigenvalue weighted by molar-refractivity contribution is 0.598. The van der Waals surface area contributed by atoms with Gasteiger partial charge in [0.1, 0.15) is 6.33 Å². The van der Waals surface area contributed by atoms with Crippen LogP contribution >= 0.6 is 0 Å². The number of hydrogen-bond acceptors (Lipinski definition) is 3. The van der Waals surface area contributed by atoms with Gasteiger partial charge in [0.15, 0.2) is 5.84 Å². The van der Waals surface area contributed by atoms with Crippen molar-refractivity contribution in [3.63, 3.8) is 0 Å². The van der Waals surface area contributed by atoms with Gasteiger partial charge in [-0.05, 0) is 31.2 Å². The molecular formula is C21H17N3O2S. The SMILES string of the molecule is Cc1ccc(S(=O)(=O)/N=C(\c2ccccc2)n2cnc3ccccc32)cc1. The van der Waals surface area contributed by atoms with Crippen LogP contribution in [0.5, 0.6) is 0 Å². The average molecular weight is 375 g/mol. The largest absolute Gasteiger partial charge is 0.284 e. The monoisotopic (exact) mass is 375 g/mol. The highest BCUT2D eigenvalue weighted by Gasteiger charge is 2.18. The van der Waals surface area contributed by atoms with E-state index in [1.165, 1.54) is 0 Å². The normalized spacial score (nSPS) is 12.4. The van der Waals surface area contributed by atoms with Crippen molar-refractivity contribution in [1.29, 1.82) is 0 Å². The summed E-state index contributed by atoms with van der Waals surface area (Å²) in [7, 11) is -3.88. The van der Waals surface area contributed by atoms with Crippen LogP contribution in [0, 0.1) is 6.92 Å². The van der Waals surface area contributed by atoms with Crippen LogP contribution in [0.15, 0.2) is 94.5 Å². The summed E-state index contributed by atoms with van der Waals surface area (Å²) in [5, 5.41) is 0. The van der Waals surface area contributed by atoms with Crippen molar-refractivity contribution in [3.8, 4) is 0 Å². The highest BCUT2D eigenvalue weighted by molar-refractivity contribution is 7.90. The average Bonchev–Trinajstić information content (AvgIpc) is 3.11. The second-order valence-electron chi connectivity index (χ2n) is 6.17. The molecule has 0 aliphatic heterocycles. The molecule has 0 amide bonds. The number of rotatable bonds is 3. The smallest absolute Gasteiger partial charge is 0.282 e. The topological polar surface area (TPSA) is 64.3 Å². The number of nitrogens with zero attached hydrogens (tertiary/aromatic N) is 3. The highest BCUT2D eigenvalue weighted by Crippen LogP contribution is 2.19. The first-order valence-corrected chi connectivity index (χ1v) is 9.88. The van der Waals surface area contributed by atoms with Crippen LogP contribution in [0.25, 0.3) is 11.0 Å².